The third-order valence-corrected chi connectivity index (χ3v) is 6.67. The normalized spacial score (nSPS) is 10.6. The SMILES string of the molecule is COc1nc(OCc2ccc(COc3ccc(CNCCNC(C)=O)c(OC)n3)s2)ccc1CNCCNC(C)=O. The van der Waals surface area contributed by atoms with Gasteiger partial charge in [0.15, 0.2) is 0 Å². The fourth-order valence-corrected chi connectivity index (χ4v) is 4.50. The lowest BCUT2D eigenvalue weighted by atomic mass is 10.2. The summed E-state index contributed by atoms with van der Waals surface area (Å²) in [6.45, 7) is 7.22. The second kappa shape index (κ2) is 17.0. The quantitative estimate of drug-likeness (QED) is 0.164. The first-order chi connectivity index (χ1) is 19.9. The van der Waals surface area contributed by atoms with Crippen LogP contribution >= 0.6 is 11.3 Å². The van der Waals surface area contributed by atoms with Gasteiger partial charge in [0, 0.05) is 86.1 Å². The van der Waals surface area contributed by atoms with Gasteiger partial charge < -0.3 is 40.2 Å². The van der Waals surface area contributed by atoms with Crippen LogP contribution in [0.3, 0.4) is 0 Å². The number of carbonyl (C=O) groups is 2. The Balaban J connectivity index is 1.45. The second-order valence-electron chi connectivity index (χ2n) is 8.90. The molecule has 0 aliphatic rings. The predicted octanol–water partition coefficient (Wildman–Crippen LogP) is 2.16. The molecule has 0 unspecified atom stereocenters. The molecule has 4 N–H and O–H groups in total. The molecule has 0 atom stereocenters. The first-order valence-corrected chi connectivity index (χ1v) is 14.0. The molecule has 0 spiro atoms. The van der Waals surface area contributed by atoms with E-state index in [0.29, 0.717) is 76.0 Å². The lowest BCUT2D eigenvalue weighted by Gasteiger charge is -2.11. The Labute approximate surface area is 244 Å². The van der Waals surface area contributed by atoms with Gasteiger partial charge in [-0.1, -0.05) is 0 Å². The highest BCUT2D eigenvalue weighted by Crippen LogP contribution is 2.24. The van der Waals surface area contributed by atoms with Crippen molar-refractivity contribution < 1.29 is 28.5 Å². The molecule has 222 valence electrons. The number of carbonyl (C=O) groups excluding carboxylic acids is 2. The molecule has 3 rings (SSSR count). The fraction of sp³-hybridized carbons (Fsp3) is 0.429. The minimum Gasteiger partial charge on any atom is -0.481 e. The van der Waals surface area contributed by atoms with E-state index in [2.05, 4.69) is 31.2 Å². The van der Waals surface area contributed by atoms with E-state index in [1.807, 2.05) is 36.4 Å². The van der Waals surface area contributed by atoms with E-state index in [9.17, 15) is 9.59 Å². The Morgan fingerprint density at radius 1 is 0.683 bits per heavy atom. The van der Waals surface area contributed by atoms with Crippen LogP contribution in [0, 0.1) is 0 Å². The van der Waals surface area contributed by atoms with Crippen LogP contribution < -0.4 is 40.2 Å². The third-order valence-electron chi connectivity index (χ3n) is 5.64. The van der Waals surface area contributed by atoms with E-state index in [1.54, 1.807) is 25.6 Å². The molecule has 41 heavy (non-hydrogen) atoms. The van der Waals surface area contributed by atoms with Crippen molar-refractivity contribution in [3.05, 3.63) is 57.3 Å². The Kier molecular flexibility index (Phi) is 13.1. The number of rotatable bonds is 18. The molecule has 3 aromatic heterocycles. The molecule has 0 radical (unpaired) electrons. The van der Waals surface area contributed by atoms with E-state index in [1.165, 1.54) is 13.8 Å². The standard InChI is InChI=1S/C28H38N6O6S/c1-19(35)31-13-11-29-15-21-5-9-25(33-27(21)37-3)39-17-23-7-8-24(41-23)18-40-26-10-6-22(28(34-26)38-4)16-30-12-14-32-20(2)36/h5-10,29-30H,11-18H2,1-4H3,(H,31,35)(H,32,36). The monoisotopic (exact) mass is 586 g/mol. The highest BCUT2D eigenvalue weighted by Gasteiger charge is 2.10. The molecule has 3 aromatic rings. The smallest absolute Gasteiger partial charge is 0.220 e. The molecule has 3 heterocycles. The van der Waals surface area contributed by atoms with Crippen molar-refractivity contribution in [1.29, 1.82) is 0 Å². The number of amides is 2. The summed E-state index contributed by atoms with van der Waals surface area (Å²) in [4.78, 5) is 32.9. The van der Waals surface area contributed by atoms with Gasteiger partial charge in [-0.05, 0) is 24.3 Å². The van der Waals surface area contributed by atoms with E-state index in [0.717, 1.165) is 20.9 Å². The number of hydrogen-bond acceptors (Lipinski definition) is 11. The van der Waals surface area contributed by atoms with Gasteiger partial charge in [-0.2, -0.15) is 9.97 Å². The van der Waals surface area contributed by atoms with Crippen LogP contribution in [0.4, 0.5) is 0 Å². The molecule has 0 bridgehead atoms. The molecule has 0 fully saturated rings. The zero-order valence-electron chi connectivity index (χ0n) is 23.9. The summed E-state index contributed by atoms with van der Waals surface area (Å²) in [6.07, 6.45) is 0. The summed E-state index contributed by atoms with van der Waals surface area (Å²) in [7, 11) is 3.15. The van der Waals surface area contributed by atoms with Crippen LogP contribution in [0.2, 0.25) is 0 Å². The number of aromatic nitrogens is 2. The van der Waals surface area contributed by atoms with Crippen molar-refractivity contribution in [1.82, 2.24) is 31.2 Å². The number of hydrogen-bond donors (Lipinski definition) is 4. The zero-order chi connectivity index (χ0) is 29.5. The van der Waals surface area contributed by atoms with E-state index < -0.39 is 0 Å². The summed E-state index contributed by atoms with van der Waals surface area (Å²) >= 11 is 1.59. The maximum atomic E-state index is 11.0. The lowest BCUT2D eigenvalue weighted by Crippen LogP contribution is -2.30. The van der Waals surface area contributed by atoms with Crippen LogP contribution in [0.1, 0.15) is 34.7 Å². The van der Waals surface area contributed by atoms with Crippen LogP contribution in [0.5, 0.6) is 23.5 Å². The molecule has 12 nitrogen and oxygen atoms in total. The van der Waals surface area contributed by atoms with Gasteiger partial charge in [0.25, 0.3) is 0 Å². The van der Waals surface area contributed by atoms with Crippen molar-refractivity contribution in [2.45, 2.75) is 40.2 Å². The molecular formula is C28H38N6O6S. The van der Waals surface area contributed by atoms with Gasteiger partial charge in [0.2, 0.25) is 35.3 Å². The van der Waals surface area contributed by atoms with Crippen LogP contribution in [-0.2, 0) is 35.9 Å². The summed E-state index contributed by atoms with van der Waals surface area (Å²) in [5.74, 6) is 1.81. The van der Waals surface area contributed by atoms with Gasteiger partial charge in [-0.3, -0.25) is 9.59 Å². The van der Waals surface area contributed by atoms with Crippen LogP contribution in [0.25, 0.3) is 0 Å². The van der Waals surface area contributed by atoms with E-state index in [4.69, 9.17) is 18.9 Å². The van der Waals surface area contributed by atoms with E-state index >= 15 is 0 Å². The first kappa shape index (κ1) is 31.6. The number of nitrogens with zero attached hydrogens (tertiary/aromatic N) is 2. The fourth-order valence-electron chi connectivity index (χ4n) is 3.66. The highest BCUT2D eigenvalue weighted by atomic mass is 32.1. The maximum absolute atomic E-state index is 11.0. The molecule has 0 saturated carbocycles. The topological polar surface area (TPSA) is 145 Å². The number of methoxy groups -OCH3 is 2. The summed E-state index contributed by atoms with van der Waals surface area (Å²) in [6, 6.07) is 11.4. The first-order valence-electron chi connectivity index (χ1n) is 13.2. The molecule has 0 aliphatic carbocycles. The van der Waals surface area contributed by atoms with Gasteiger partial charge in [0.05, 0.1) is 14.2 Å². The Bertz CT molecular complexity index is 1180. The Morgan fingerprint density at radius 2 is 1.12 bits per heavy atom. The summed E-state index contributed by atoms with van der Waals surface area (Å²) in [5.41, 5.74) is 1.80. The number of ether oxygens (including phenoxy) is 4. The van der Waals surface area contributed by atoms with Gasteiger partial charge in [-0.25, -0.2) is 0 Å². The van der Waals surface area contributed by atoms with Crippen molar-refractivity contribution in [2.24, 2.45) is 0 Å². The summed E-state index contributed by atoms with van der Waals surface area (Å²) < 4.78 is 22.6. The zero-order valence-corrected chi connectivity index (χ0v) is 24.7. The minimum absolute atomic E-state index is 0.0530. The number of thiophene rings is 1. The average molecular weight is 587 g/mol. The molecule has 0 saturated heterocycles. The third kappa shape index (κ3) is 11.2. The summed E-state index contributed by atoms with van der Waals surface area (Å²) in [5, 5.41) is 12.0. The molecule has 0 aliphatic heterocycles. The predicted molar refractivity (Wildman–Crippen MR) is 155 cm³/mol. The molecule has 0 aromatic carbocycles. The number of pyridine rings is 2. The van der Waals surface area contributed by atoms with Crippen LogP contribution in [-0.4, -0.2) is 62.2 Å². The number of nitrogens with one attached hydrogen (secondary N) is 4. The van der Waals surface area contributed by atoms with Gasteiger partial charge in [-0.15, -0.1) is 11.3 Å². The second-order valence-corrected chi connectivity index (χ2v) is 10.2. The van der Waals surface area contributed by atoms with Crippen molar-refractivity contribution >= 4 is 23.2 Å². The molecular weight excluding hydrogens is 548 g/mol. The van der Waals surface area contributed by atoms with Gasteiger partial charge in [0.1, 0.15) is 13.2 Å². The van der Waals surface area contributed by atoms with Crippen molar-refractivity contribution in [3.63, 3.8) is 0 Å². The molecule has 13 heteroatoms. The van der Waals surface area contributed by atoms with Gasteiger partial charge >= 0.3 is 0 Å². The minimum atomic E-state index is -0.0530. The lowest BCUT2D eigenvalue weighted by molar-refractivity contribution is -0.119. The highest BCUT2D eigenvalue weighted by molar-refractivity contribution is 7.11. The van der Waals surface area contributed by atoms with Crippen molar-refractivity contribution in [2.75, 3.05) is 40.4 Å². The maximum Gasteiger partial charge on any atom is 0.220 e. The Hall–Kier alpha value is -3.94. The van der Waals surface area contributed by atoms with Crippen LogP contribution in [0.15, 0.2) is 36.4 Å². The van der Waals surface area contributed by atoms with Crippen molar-refractivity contribution in [3.8, 4) is 23.5 Å². The van der Waals surface area contributed by atoms with E-state index in [-0.39, 0.29) is 11.8 Å². The largest absolute Gasteiger partial charge is 0.481 e. The average Bonchev–Trinajstić information content (AvgIpc) is 3.42. The molecule has 2 amide bonds. The Morgan fingerprint density at radius 3 is 1.51 bits per heavy atom.